The SMILES string of the molecule is C=N/C(=N\C(=C/C)N1CCN(C(=O)c2cnn(C3COC3)c2)C(c2cn[nH]c2)C1)c1cnc2ccc(C(F)(F)F)cn12. The molecule has 6 heterocycles. The van der Waals surface area contributed by atoms with E-state index in [2.05, 4.69) is 37.0 Å². The fourth-order valence-corrected chi connectivity index (χ4v) is 5.07. The number of aliphatic imine (C=N–C) groups is 2. The number of H-pyrrole nitrogens is 1. The molecule has 0 spiro atoms. The number of carbonyl (C=O) groups is 1. The number of aromatic nitrogens is 6. The summed E-state index contributed by atoms with van der Waals surface area (Å²) < 4.78 is 48.5. The quantitative estimate of drug-likeness (QED) is 0.276. The van der Waals surface area contributed by atoms with Gasteiger partial charge in [0.1, 0.15) is 17.2 Å². The van der Waals surface area contributed by atoms with E-state index in [1.807, 2.05) is 4.90 Å². The Labute approximate surface area is 237 Å². The van der Waals surface area contributed by atoms with Crippen molar-refractivity contribution in [3.63, 3.8) is 0 Å². The van der Waals surface area contributed by atoms with Crippen molar-refractivity contribution in [1.29, 1.82) is 0 Å². The van der Waals surface area contributed by atoms with Crippen molar-refractivity contribution in [3.8, 4) is 0 Å². The van der Waals surface area contributed by atoms with Gasteiger partial charge in [-0.3, -0.25) is 19.0 Å². The number of alkyl halides is 3. The maximum absolute atomic E-state index is 13.6. The predicted octanol–water partition coefficient (Wildman–Crippen LogP) is 3.35. The van der Waals surface area contributed by atoms with Crippen LogP contribution in [0.2, 0.25) is 0 Å². The first-order valence-corrected chi connectivity index (χ1v) is 13.2. The molecule has 12 nitrogen and oxygen atoms in total. The molecule has 4 aromatic heterocycles. The van der Waals surface area contributed by atoms with Gasteiger partial charge in [0.25, 0.3) is 5.91 Å². The van der Waals surface area contributed by atoms with E-state index >= 15 is 0 Å². The van der Waals surface area contributed by atoms with Gasteiger partial charge >= 0.3 is 6.18 Å². The van der Waals surface area contributed by atoms with Crippen molar-refractivity contribution in [2.75, 3.05) is 32.8 Å². The summed E-state index contributed by atoms with van der Waals surface area (Å²) >= 11 is 0. The smallest absolute Gasteiger partial charge is 0.377 e. The molecule has 1 N–H and O–H groups in total. The average molecular weight is 581 g/mol. The number of rotatable bonds is 6. The number of hydrogen-bond donors (Lipinski definition) is 1. The summed E-state index contributed by atoms with van der Waals surface area (Å²) in [4.78, 5) is 30.3. The van der Waals surface area contributed by atoms with Crippen molar-refractivity contribution in [3.05, 3.63) is 83.6 Å². The highest BCUT2D eigenvalue weighted by Gasteiger charge is 2.35. The van der Waals surface area contributed by atoms with Crippen LogP contribution in [0, 0.1) is 0 Å². The number of piperazine rings is 1. The average Bonchev–Trinajstić information content (AvgIpc) is 3.73. The highest BCUT2D eigenvalue weighted by molar-refractivity contribution is 6.01. The number of nitrogens with one attached hydrogen (secondary N) is 1. The third-order valence-corrected chi connectivity index (χ3v) is 7.40. The molecule has 6 rings (SSSR count). The molecule has 0 saturated carbocycles. The second kappa shape index (κ2) is 10.9. The minimum Gasteiger partial charge on any atom is -0.377 e. The summed E-state index contributed by atoms with van der Waals surface area (Å²) in [5.41, 5.74) is 1.06. The minimum absolute atomic E-state index is 0.112. The van der Waals surface area contributed by atoms with Crippen molar-refractivity contribution in [1.82, 2.24) is 39.2 Å². The Morgan fingerprint density at radius 1 is 1.19 bits per heavy atom. The third kappa shape index (κ3) is 5.06. The lowest BCUT2D eigenvalue weighted by Gasteiger charge is -2.42. The molecule has 1 unspecified atom stereocenters. The van der Waals surface area contributed by atoms with Gasteiger partial charge in [0.2, 0.25) is 0 Å². The Hall–Kier alpha value is -4.79. The van der Waals surface area contributed by atoms with Gasteiger partial charge in [-0.05, 0) is 31.9 Å². The molecule has 0 aliphatic carbocycles. The maximum Gasteiger partial charge on any atom is 0.417 e. The lowest BCUT2D eigenvalue weighted by Crippen LogP contribution is -2.50. The number of amidine groups is 1. The van der Waals surface area contributed by atoms with Crippen molar-refractivity contribution >= 4 is 24.1 Å². The monoisotopic (exact) mass is 580 g/mol. The molecule has 1 atom stereocenters. The first-order chi connectivity index (χ1) is 20.3. The number of ether oxygens (including phenoxy) is 1. The van der Waals surface area contributed by atoms with Crippen LogP contribution in [0.3, 0.4) is 0 Å². The van der Waals surface area contributed by atoms with Crippen molar-refractivity contribution in [2.45, 2.75) is 25.2 Å². The molecule has 0 bridgehead atoms. The number of halogens is 3. The largest absolute Gasteiger partial charge is 0.417 e. The lowest BCUT2D eigenvalue weighted by molar-refractivity contribution is -0.137. The molecule has 4 aromatic rings. The zero-order valence-corrected chi connectivity index (χ0v) is 22.6. The van der Waals surface area contributed by atoms with E-state index < -0.39 is 11.7 Å². The minimum atomic E-state index is -4.52. The van der Waals surface area contributed by atoms with Gasteiger partial charge in [-0.25, -0.2) is 15.0 Å². The highest BCUT2D eigenvalue weighted by atomic mass is 19.4. The fraction of sp³-hybridized carbons (Fsp3) is 0.333. The van der Waals surface area contributed by atoms with Crippen LogP contribution in [0.25, 0.3) is 5.65 Å². The predicted molar refractivity (Wildman–Crippen MR) is 146 cm³/mol. The molecule has 42 heavy (non-hydrogen) atoms. The second-order valence-corrected chi connectivity index (χ2v) is 9.92. The molecule has 0 aromatic carbocycles. The van der Waals surface area contributed by atoms with E-state index in [0.29, 0.717) is 49.9 Å². The summed E-state index contributed by atoms with van der Waals surface area (Å²) in [6, 6.07) is 2.03. The number of carbonyl (C=O) groups excluding carboxylic acids is 1. The Morgan fingerprint density at radius 3 is 2.69 bits per heavy atom. The lowest BCUT2D eigenvalue weighted by atomic mass is 10.0. The number of fused-ring (bicyclic) bond motifs is 1. The Morgan fingerprint density at radius 2 is 2.02 bits per heavy atom. The fourth-order valence-electron chi connectivity index (χ4n) is 5.07. The standard InChI is InChI=1S/C27H27F3N10O2/c1-3-23(36-25(31-2)21-11-32-24-5-4-19(13-39(21)24)27(28,29)30)37-6-7-38(22(14-37)17-8-33-34-9-17)26(41)18-10-35-40(12-18)20-15-42-16-20/h3-5,8-13,20,22H,2,6-7,14-16H2,1H3,(H,33,34)/b23-3+,36-25-. The van der Waals surface area contributed by atoms with E-state index in [9.17, 15) is 18.0 Å². The van der Waals surface area contributed by atoms with Crippen LogP contribution in [0.1, 0.15) is 46.2 Å². The van der Waals surface area contributed by atoms with Gasteiger partial charge < -0.3 is 14.5 Å². The molecular weight excluding hydrogens is 553 g/mol. The number of nitrogens with zero attached hydrogens (tertiary/aromatic N) is 9. The molecular formula is C27H27F3N10O2. The van der Waals surface area contributed by atoms with E-state index in [1.165, 1.54) is 16.7 Å². The van der Waals surface area contributed by atoms with Crippen LogP contribution in [0.15, 0.2) is 71.2 Å². The van der Waals surface area contributed by atoms with Crippen LogP contribution in [-0.2, 0) is 10.9 Å². The summed E-state index contributed by atoms with van der Waals surface area (Å²) in [7, 11) is 0. The molecule has 2 aliphatic heterocycles. The molecule has 2 saturated heterocycles. The van der Waals surface area contributed by atoms with Crippen LogP contribution < -0.4 is 0 Å². The zero-order chi connectivity index (χ0) is 29.4. The van der Waals surface area contributed by atoms with Crippen LogP contribution >= 0.6 is 0 Å². The van der Waals surface area contributed by atoms with Gasteiger partial charge in [-0.2, -0.15) is 23.4 Å². The second-order valence-electron chi connectivity index (χ2n) is 9.92. The van der Waals surface area contributed by atoms with Gasteiger partial charge in [0.05, 0.1) is 55.0 Å². The molecule has 2 aliphatic rings. The number of aromatic amines is 1. The number of amides is 1. The molecule has 0 radical (unpaired) electrons. The first kappa shape index (κ1) is 27.4. The Bertz CT molecular complexity index is 1670. The third-order valence-electron chi connectivity index (χ3n) is 7.40. The number of allylic oxidation sites excluding steroid dienone is 1. The molecule has 2 fully saturated rings. The molecule has 15 heteroatoms. The first-order valence-electron chi connectivity index (χ1n) is 13.2. The van der Waals surface area contributed by atoms with Gasteiger partial charge in [0, 0.05) is 43.8 Å². The van der Waals surface area contributed by atoms with Gasteiger partial charge in [-0.1, -0.05) is 0 Å². The summed E-state index contributed by atoms with van der Waals surface area (Å²) in [5, 5.41) is 11.3. The van der Waals surface area contributed by atoms with E-state index in [4.69, 9.17) is 4.74 Å². The van der Waals surface area contributed by atoms with Crippen LogP contribution in [0.5, 0.6) is 0 Å². The van der Waals surface area contributed by atoms with Crippen LogP contribution in [0.4, 0.5) is 13.2 Å². The molecule has 1 amide bonds. The van der Waals surface area contributed by atoms with Crippen LogP contribution in [-0.4, -0.2) is 90.5 Å². The molecule has 218 valence electrons. The number of pyridine rings is 1. The van der Waals surface area contributed by atoms with E-state index in [1.54, 1.807) is 47.4 Å². The maximum atomic E-state index is 13.6. The van der Waals surface area contributed by atoms with E-state index in [-0.39, 0.29) is 29.5 Å². The van der Waals surface area contributed by atoms with E-state index in [0.717, 1.165) is 17.8 Å². The van der Waals surface area contributed by atoms with Gasteiger partial charge in [-0.15, -0.1) is 0 Å². The van der Waals surface area contributed by atoms with Crippen molar-refractivity contribution < 1.29 is 22.7 Å². The topological polar surface area (TPSA) is 121 Å². The Kier molecular flexibility index (Phi) is 7.10. The summed E-state index contributed by atoms with van der Waals surface area (Å²) in [6.45, 7) is 7.75. The Balaban J connectivity index is 1.27. The summed E-state index contributed by atoms with van der Waals surface area (Å²) in [5.74, 6) is 0.482. The summed E-state index contributed by atoms with van der Waals surface area (Å²) in [6.07, 6.45) is 6.38. The van der Waals surface area contributed by atoms with Crippen molar-refractivity contribution in [2.24, 2.45) is 9.98 Å². The normalized spacial score (nSPS) is 18.9. The highest BCUT2D eigenvalue weighted by Crippen LogP contribution is 2.31. The van der Waals surface area contributed by atoms with Gasteiger partial charge in [0.15, 0.2) is 5.84 Å². The number of hydrogen-bond acceptors (Lipinski definition) is 7. The zero-order valence-electron chi connectivity index (χ0n) is 22.6. The number of imidazole rings is 1.